The quantitative estimate of drug-likeness (QED) is 0.435. The molecule has 0 aliphatic heterocycles. The average molecular weight is 427 g/mol. The molecule has 0 heterocycles. The van der Waals surface area contributed by atoms with Crippen LogP contribution in [-0.2, 0) is 4.79 Å². The molecular formula is C29H46O2. The van der Waals surface area contributed by atoms with E-state index in [1.807, 2.05) is 0 Å². The maximum Gasteiger partial charge on any atom is 0.133 e. The lowest BCUT2D eigenvalue weighted by Gasteiger charge is -2.56. The summed E-state index contributed by atoms with van der Waals surface area (Å²) < 4.78 is 0. The van der Waals surface area contributed by atoms with Crippen molar-refractivity contribution in [1.82, 2.24) is 0 Å². The third-order valence-corrected chi connectivity index (χ3v) is 10.3. The summed E-state index contributed by atoms with van der Waals surface area (Å²) in [7, 11) is 0. The van der Waals surface area contributed by atoms with Crippen LogP contribution >= 0.6 is 0 Å². The van der Waals surface area contributed by atoms with Crippen molar-refractivity contribution in [2.45, 2.75) is 105 Å². The van der Waals surface area contributed by atoms with Gasteiger partial charge in [-0.15, -0.1) is 0 Å². The highest BCUT2D eigenvalue weighted by Crippen LogP contribution is 2.66. The van der Waals surface area contributed by atoms with Crippen LogP contribution in [0.4, 0.5) is 0 Å². The van der Waals surface area contributed by atoms with Crippen molar-refractivity contribution in [1.29, 1.82) is 0 Å². The molecule has 0 aromatic carbocycles. The van der Waals surface area contributed by atoms with E-state index < -0.39 is 0 Å². The summed E-state index contributed by atoms with van der Waals surface area (Å²) in [5.74, 6) is 3.73. The Morgan fingerprint density at radius 1 is 1.19 bits per heavy atom. The van der Waals surface area contributed by atoms with E-state index in [2.05, 4.69) is 39.8 Å². The number of aliphatic hydroxyl groups is 1. The first-order chi connectivity index (χ1) is 14.8. The van der Waals surface area contributed by atoms with E-state index in [4.69, 9.17) is 0 Å². The van der Waals surface area contributed by atoms with Crippen LogP contribution < -0.4 is 0 Å². The lowest BCUT2D eigenvalue weighted by atomic mass is 9.48. The molecule has 4 rings (SSSR count). The van der Waals surface area contributed by atoms with Crippen LogP contribution in [0.3, 0.4) is 0 Å². The van der Waals surface area contributed by atoms with Crippen molar-refractivity contribution in [3.8, 4) is 0 Å². The van der Waals surface area contributed by atoms with E-state index in [0.717, 1.165) is 56.3 Å². The SMILES string of the molecule is CC/C=C(/CCCC(C)CO)C1CCC2C3=CCC4CC(=O)CC[C@]4(C)C3CC[C@@]21C. The van der Waals surface area contributed by atoms with Gasteiger partial charge in [0.05, 0.1) is 0 Å². The molecule has 5 unspecified atom stereocenters. The molecule has 0 bridgehead atoms. The molecule has 31 heavy (non-hydrogen) atoms. The number of ketones is 1. The Balaban J connectivity index is 1.53. The monoisotopic (exact) mass is 426 g/mol. The molecule has 0 spiro atoms. The molecule has 4 aliphatic carbocycles. The van der Waals surface area contributed by atoms with Gasteiger partial charge in [0.2, 0.25) is 0 Å². The number of aliphatic hydroxyl groups excluding tert-OH is 1. The van der Waals surface area contributed by atoms with E-state index in [1.54, 1.807) is 11.1 Å². The number of fused-ring (bicyclic) bond motifs is 5. The van der Waals surface area contributed by atoms with Gasteiger partial charge in [0.1, 0.15) is 5.78 Å². The van der Waals surface area contributed by atoms with E-state index in [9.17, 15) is 9.90 Å². The highest BCUT2D eigenvalue weighted by Gasteiger charge is 2.57. The van der Waals surface area contributed by atoms with E-state index in [-0.39, 0.29) is 0 Å². The first-order valence-electron chi connectivity index (χ1n) is 13.3. The summed E-state index contributed by atoms with van der Waals surface area (Å²) in [5, 5.41) is 9.40. The van der Waals surface area contributed by atoms with Crippen LogP contribution in [-0.4, -0.2) is 17.5 Å². The zero-order chi connectivity index (χ0) is 22.2. The number of carbonyl (C=O) groups excluding carboxylic acids is 1. The fraction of sp³-hybridized carbons (Fsp3) is 0.828. The molecule has 4 aliphatic rings. The second-order valence-electron chi connectivity index (χ2n) is 12.0. The van der Waals surface area contributed by atoms with Gasteiger partial charge in [-0.2, -0.15) is 0 Å². The van der Waals surface area contributed by atoms with Crippen molar-refractivity contribution in [3.63, 3.8) is 0 Å². The minimum atomic E-state index is 0.316. The van der Waals surface area contributed by atoms with Crippen LogP contribution in [0.25, 0.3) is 0 Å². The maximum atomic E-state index is 12.1. The normalized spacial score (nSPS) is 41.3. The van der Waals surface area contributed by atoms with Gasteiger partial charge in [0, 0.05) is 19.4 Å². The van der Waals surface area contributed by atoms with Gasteiger partial charge in [-0.3, -0.25) is 4.79 Å². The number of hydrogen-bond acceptors (Lipinski definition) is 2. The number of allylic oxidation sites excluding steroid dienone is 4. The Morgan fingerprint density at radius 2 is 1.97 bits per heavy atom. The van der Waals surface area contributed by atoms with Crippen molar-refractivity contribution >= 4 is 5.78 Å². The molecule has 0 aromatic heterocycles. The van der Waals surface area contributed by atoms with Gasteiger partial charge in [0.25, 0.3) is 0 Å². The molecule has 3 fully saturated rings. The predicted molar refractivity (Wildman–Crippen MR) is 129 cm³/mol. The average Bonchev–Trinajstić information content (AvgIpc) is 3.10. The van der Waals surface area contributed by atoms with Gasteiger partial charge >= 0.3 is 0 Å². The number of Topliss-reactive ketones (excluding diaryl/α,β-unsaturated/α-hetero) is 1. The van der Waals surface area contributed by atoms with Crippen molar-refractivity contribution in [2.24, 2.45) is 40.4 Å². The fourth-order valence-corrected chi connectivity index (χ4v) is 8.34. The molecule has 174 valence electrons. The summed E-state index contributed by atoms with van der Waals surface area (Å²) in [6.07, 6.45) is 19.2. The maximum absolute atomic E-state index is 12.1. The van der Waals surface area contributed by atoms with Gasteiger partial charge in [-0.25, -0.2) is 0 Å². The molecule has 0 aromatic rings. The third-order valence-electron chi connectivity index (χ3n) is 10.3. The Labute approximate surface area is 191 Å². The predicted octanol–water partition coefficient (Wildman–Crippen LogP) is 7.27. The molecule has 7 atom stereocenters. The summed E-state index contributed by atoms with van der Waals surface area (Å²) >= 11 is 0. The molecule has 1 N–H and O–H groups in total. The minimum Gasteiger partial charge on any atom is -0.396 e. The first-order valence-corrected chi connectivity index (χ1v) is 13.3. The largest absolute Gasteiger partial charge is 0.396 e. The second kappa shape index (κ2) is 9.16. The molecule has 0 saturated heterocycles. The van der Waals surface area contributed by atoms with Crippen molar-refractivity contribution in [2.75, 3.05) is 6.61 Å². The smallest absolute Gasteiger partial charge is 0.133 e. The van der Waals surface area contributed by atoms with Crippen LogP contribution in [0, 0.1) is 40.4 Å². The molecule has 2 nitrogen and oxygen atoms in total. The summed E-state index contributed by atoms with van der Waals surface area (Å²) in [6.45, 7) is 9.92. The Morgan fingerprint density at radius 3 is 2.71 bits per heavy atom. The van der Waals surface area contributed by atoms with Gasteiger partial charge in [0.15, 0.2) is 0 Å². The number of carbonyl (C=O) groups is 1. The summed E-state index contributed by atoms with van der Waals surface area (Å²) in [4.78, 5) is 12.1. The highest BCUT2D eigenvalue weighted by atomic mass is 16.3. The second-order valence-corrected chi connectivity index (χ2v) is 12.0. The third kappa shape index (κ3) is 4.11. The topological polar surface area (TPSA) is 37.3 Å². The molecule has 0 radical (unpaired) electrons. The summed E-state index contributed by atoms with van der Waals surface area (Å²) in [6, 6.07) is 0. The van der Waals surface area contributed by atoms with E-state index >= 15 is 0 Å². The number of hydrogen-bond donors (Lipinski definition) is 1. The highest BCUT2D eigenvalue weighted by molar-refractivity contribution is 5.79. The number of rotatable bonds is 7. The van der Waals surface area contributed by atoms with Gasteiger partial charge < -0.3 is 5.11 Å². The fourth-order valence-electron chi connectivity index (χ4n) is 8.34. The van der Waals surface area contributed by atoms with Gasteiger partial charge in [-0.05, 0) is 105 Å². The zero-order valence-corrected chi connectivity index (χ0v) is 20.6. The van der Waals surface area contributed by atoms with Crippen LogP contribution in [0.15, 0.2) is 23.3 Å². The van der Waals surface area contributed by atoms with Crippen LogP contribution in [0.5, 0.6) is 0 Å². The minimum absolute atomic E-state index is 0.316. The lowest BCUT2D eigenvalue weighted by Crippen LogP contribution is -2.49. The Bertz CT molecular complexity index is 733. The standard InChI is InChI=1S/C29H46O2/c1-5-7-21(9-6-8-20(2)19-30)25-12-13-26-24-11-10-22-18-23(31)14-16-28(22,3)27(24)15-17-29(25,26)4/h7,11,20,22,25-27,30H,5-6,8-10,12-19H2,1-4H3/b21-7-/t20?,22?,25?,26?,27?,28-,29+/m0/s1. The first kappa shape index (κ1) is 23.3. The van der Waals surface area contributed by atoms with Crippen molar-refractivity contribution in [3.05, 3.63) is 23.3 Å². The molecule has 2 heteroatoms. The van der Waals surface area contributed by atoms with Crippen LogP contribution in [0.2, 0.25) is 0 Å². The van der Waals surface area contributed by atoms with E-state index in [1.165, 1.54) is 38.5 Å². The Kier molecular flexibility index (Phi) is 6.88. The molecular weight excluding hydrogens is 380 g/mol. The summed E-state index contributed by atoms with van der Waals surface area (Å²) in [5.41, 5.74) is 4.30. The van der Waals surface area contributed by atoms with Gasteiger partial charge in [-0.1, -0.05) is 51.0 Å². The molecule has 0 amide bonds. The Hall–Kier alpha value is -0.890. The van der Waals surface area contributed by atoms with Crippen LogP contribution in [0.1, 0.15) is 105 Å². The van der Waals surface area contributed by atoms with E-state index in [0.29, 0.717) is 35.1 Å². The molecule has 3 saturated carbocycles. The zero-order valence-electron chi connectivity index (χ0n) is 20.6. The lowest BCUT2D eigenvalue weighted by molar-refractivity contribution is -0.127. The van der Waals surface area contributed by atoms with Crippen molar-refractivity contribution < 1.29 is 9.90 Å².